The predicted molar refractivity (Wildman–Crippen MR) is 74.2 cm³/mol. The van der Waals surface area contributed by atoms with Crippen molar-refractivity contribution in [1.29, 1.82) is 0 Å². The van der Waals surface area contributed by atoms with E-state index in [0.29, 0.717) is 17.5 Å². The second kappa shape index (κ2) is 4.87. The molecule has 0 aliphatic carbocycles. The van der Waals surface area contributed by atoms with Crippen molar-refractivity contribution in [2.75, 3.05) is 25.0 Å². The number of fused-ring (bicyclic) bond motifs is 1. The lowest BCUT2D eigenvalue weighted by atomic mass is 9.95. The fourth-order valence-electron chi connectivity index (χ4n) is 2.96. The lowest BCUT2D eigenvalue weighted by Crippen LogP contribution is -2.29. The van der Waals surface area contributed by atoms with Crippen LogP contribution in [0.5, 0.6) is 0 Å². The molecule has 0 aromatic carbocycles. The van der Waals surface area contributed by atoms with E-state index in [0.717, 1.165) is 45.0 Å². The van der Waals surface area contributed by atoms with Crippen molar-refractivity contribution in [1.82, 2.24) is 14.5 Å². The third-order valence-electron chi connectivity index (χ3n) is 4.31. The lowest BCUT2D eigenvalue weighted by Gasteiger charge is -2.16. The van der Waals surface area contributed by atoms with E-state index in [9.17, 15) is 4.79 Å². The van der Waals surface area contributed by atoms with E-state index in [4.69, 9.17) is 0 Å². The Balaban J connectivity index is 1.72. The highest BCUT2D eigenvalue weighted by Gasteiger charge is 2.30. The summed E-state index contributed by atoms with van der Waals surface area (Å²) in [5.41, 5.74) is 0.591. The summed E-state index contributed by atoms with van der Waals surface area (Å²) in [6, 6.07) is 0. The number of likely N-dealkylation sites (tertiary alicyclic amines) is 1. The van der Waals surface area contributed by atoms with Gasteiger partial charge in [-0.15, -0.1) is 0 Å². The fraction of sp³-hybridized carbons (Fsp3) is 0.714. The van der Waals surface area contributed by atoms with Gasteiger partial charge in [0.05, 0.1) is 0 Å². The number of amides is 1. The maximum Gasteiger partial charge on any atom is 0.274 e. The van der Waals surface area contributed by atoms with Gasteiger partial charge in [0.2, 0.25) is 5.95 Å². The van der Waals surface area contributed by atoms with Gasteiger partial charge in [-0.25, -0.2) is 4.98 Å². The summed E-state index contributed by atoms with van der Waals surface area (Å²) in [5, 5.41) is 3.24. The van der Waals surface area contributed by atoms with Crippen LogP contribution in [0.4, 0.5) is 5.95 Å². The standard InChI is InChI=1S/C14H22N4O/c1-10(2)11-4-7-17(8-11)13(19)12-9-18-6-3-5-15-14(18)16-12/h9-11H,3-8H2,1-2H3,(H,15,16). The molecule has 1 saturated heterocycles. The van der Waals surface area contributed by atoms with Crippen LogP contribution in [-0.4, -0.2) is 40.0 Å². The zero-order valence-corrected chi connectivity index (χ0v) is 11.7. The molecule has 0 spiro atoms. The number of nitrogens with zero attached hydrogens (tertiary/aromatic N) is 3. The van der Waals surface area contributed by atoms with E-state index in [2.05, 4.69) is 24.1 Å². The van der Waals surface area contributed by atoms with Crippen LogP contribution in [0.1, 0.15) is 37.2 Å². The Bertz CT molecular complexity index is 456. The Morgan fingerprint density at radius 3 is 3.00 bits per heavy atom. The average molecular weight is 262 g/mol. The fourth-order valence-corrected chi connectivity index (χ4v) is 2.96. The maximum absolute atomic E-state index is 12.5. The van der Waals surface area contributed by atoms with Crippen LogP contribution in [0.3, 0.4) is 0 Å². The first-order valence-corrected chi connectivity index (χ1v) is 7.25. The highest BCUT2D eigenvalue weighted by Crippen LogP contribution is 2.25. The third kappa shape index (κ3) is 2.33. The Kier molecular flexibility index (Phi) is 3.21. The monoisotopic (exact) mass is 262 g/mol. The Morgan fingerprint density at radius 2 is 2.32 bits per heavy atom. The molecule has 1 aromatic rings. The molecule has 5 nitrogen and oxygen atoms in total. The summed E-state index contributed by atoms with van der Waals surface area (Å²) in [7, 11) is 0. The first-order chi connectivity index (χ1) is 9.15. The van der Waals surface area contributed by atoms with E-state index in [1.165, 1.54) is 0 Å². The minimum Gasteiger partial charge on any atom is -0.356 e. The highest BCUT2D eigenvalue weighted by atomic mass is 16.2. The van der Waals surface area contributed by atoms with E-state index >= 15 is 0 Å². The van der Waals surface area contributed by atoms with Gasteiger partial charge in [0.15, 0.2) is 0 Å². The molecule has 104 valence electrons. The lowest BCUT2D eigenvalue weighted by molar-refractivity contribution is 0.0778. The summed E-state index contributed by atoms with van der Waals surface area (Å²) in [4.78, 5) is 18.8. The van der Waals surface area contributed by atoms with E-state index in [1.807, 2.05) is 15.7 Å². The molecule has 0 bridgehead atoms. The van der Waals surface area contributed by atoms with E-state index in [-0.39, 0.29) is 5.91 Å². The molecule has 5 heteroatoms. The topological polar surface area (TPSA) is 50.2 Å². The number of rotatable bonds is 2. The van der Waals surface area contributed by atoms with Crippen LogP contribution in [0.15, 0.2) is 6.20 Å². The Hall–Kier alpha value is -1.52. The second-order valence-corrected chi connectivity index (χ2v) is 5.97. The molecule has 1 N–H and O–H groups in total. The molecule has 0 saturated carbocycles. The zero-order chi connectivity index (χ0) is 13.4. The summed E-state index contributed by atoms with van der Waals surface area (Å²) in [5.74, 6) is 2.22. The number of imidazole rings is 1. The Labute approximate surface area is 114 Å². The summed E-state index contributed by atoms with van der Waals surface area (Å²) >= 11 is 0. The molecule has 1 aromatic heterocycles. The van der Waals surface area contributed by atoms with Gasteiger partial charge in [0.1, 0.15) is 5.69 Å². The molecule has 3 heterocycles. The number of carbonyl (C=O) groups is 1. The molecule has 3 rings (SSSR count). The minimum atomic E-state index is 0.0897. The van der Waals surface area contributed by atoms with Gasteiger partial charge in [0.25, 0.3) is 5.91 Å². The number of nitrogens with one attached hydrogen (secondary N) is 1. The van der Waals surface area contributed by atoms with Gasteiger partial charge in [-0.1, -0.05) is 13.8 Å². The molecule has 1 fully saturated rings. The maximum atomic E-state index is 12.5. The van der Waals surface area contributed by atoms with Crippen LogP contribution in [0.25, 0.3) is 0 Å². The van der Waals surface area contributed by atoms with Crippen molar-refractivity contribution in [3.8, 4) is 0 Å². The molecular formula is C14H22N4O. The Morgan fingerprint density at radius 1 is 1.47 bits per heavy atom. The normalized spacial score (nSPS) is 22.5. The molecule has 2 aliphatic rings. The predicted octanol–water partition coefficient (Wildman–Crippen LogP) is 1.82. The SMILES string of the molecule is CC(C)C1CCN(C(=O)c2cn3c(n2)NCCC3)C1. The summed E-state index contributed by atoms with van der Waals surface area (Å²) in [6.07, 6.45) is 4.11. The smallest absolute Gasteiger partial charge is 0.274 e. The molecule has 1 unspecified atom stereocenters. The molecule has 1 amide bonds. The summed E-state index contributed by atoms with van der Waals surface area (Å²) in [6.45, 7) is 8.13. The molecule has 2 aliphatic heterocycles. The summed E-state index contributed by atoms with van der Waals surface area (Å²) < 4.78 is 2.05. The molecule has 0 radical (unpaired) electrons. The van der Waals surface area contributed by atoms with Crippen LogP contribution in [0, 0.1) is 11.8 Å². The van der Waals surface area contributed by atoms with Crippen LogP contribution >= 0.6 is 0 Å². The molecular weight excluding hydrogens is 240 g/mol. The largest absolute Gasteiger partial charge is 0.356 e. The first kappa shape index (κ1) is 12.5. The van der Waals surface area contributed by atoms with Gasteiger partial charge < -0.3 is 14.8 Å². The van der Waals surface area contributed by atoms with Crippen molar-refractivity contribution < 1.29 is 4.79 Å². The van der Waals surface area contributed by atoms with Gasteiger partial charge in [0, 0.05) is 32.4 Å². The minimum absolute atomic E-state index is 0.0897. The van der Waals surface area contributed by atoms with E-state index in [1.54, 1.807) is 0 Å². The highest BCUT2D eigenvalue weighted by molar-refractivity contribution is 5.92. The number of aromatic nitrogens is 2. The van der Waals surface area contributed by atoms with Crippen molar-refractivity contribution in [3.63, 3.8) is 0 Å². The third-order valence-corrected chi connectivity index (χ3v) is 4.31. The quantitative estimate of drug-likeness (QED) is 0.884. The number of hydrogen-bond donors (Lipinski definition) is 1. The number of aryl methyl sites for hydroxylation is 1. The van der Waals surface area contributed by atoms with Gasteiger partial charge in [-0.2, -0.15) is 0 Å². The van der Waals surface area contributed by atoms with E-state index < -0.39 is 0 Å². The van der Waals surface area contributed by atoms with Crippen LogP contribution < -0.4 is 5.32 Å². The average Bonchev–Trinajstić information content (AvgIpc) is 3.04. The van der Waals surface area contributed by atoms with Crippen LogP contribution in [0.2, 0.25) is 0 Å². The number of hydrogen-bond acceptors (Lipinski definition) is 3. The van der Waals surface area contributed by atoms with Gasteiger partial charge in [-0.05, 0) is 24.7 Å². The second-order valence-electron chi connectivity index (χ2n) is 5.97. The first-order valence-electron chi connectivity index (χ1n) is 7.25. The van der Waals surface area contributed by atoms with Crippen molar-refractivity contribution in [2.45, 2.75) is 33.2 Å². The van der Waals surface area contributed by atoms with Crippen molar-refractivity contribution >= 4 is 11.9 Å². The number of anilines is 1. The molecule has 1 atom stereocenters. The van der Waals surface area contributed by atoms with Crippen molar-refractivity contribution in [3.05, 3.63) is 11.9 Å². The number of carbonyl (C=O) groups excluding carboxylic acids is 1. The zero-order valence-electron chi connectivity index (χ0n) is 11.7. The molecule has 19 heavy (non-hydrogen) atoms. The van der Waals surface area contributed by atoms with Crippen LogP contribution in [-0.2, 0) is 6.54 Å². The van der Waals surface area contributed by atoms with Crippen molar-refractivity contribution in [2.24, 2.45) is 11.8 Å². The van der Waals surface area contributed by atoms with Gasteiger partial charge >= 0.3 is 0 Å². The van der Waals surface area contributed by atoms with Gasteiger partial charge in [-0.3, -0.25) is 4.79 Å².